The first-order chi connectivity index (χ1) is 24.3. The first-order valence-electron chi connectivity index (χ1n) is 18.0. The minimum Gasteiger partial charge on any atom is -0.444 e. The number of carbonyl (C=O) groups is 7. The summed E-state index contributed by atoms with van der Waals surface area (Å²) in [6.07, 6.45) is -0.707. The fourth-order valence-electron chi connectivity index (χ4n) is 5.75. The Morgan fingerprint density at radius 1 is 0.868 bits per heavy atom. The van der Waals surface area contributed by atoms with Crippen molar-refractivity contribution in [3.8, 4) is 0 Å². The van der Waals surface area contributed by atoms with Crippen LogP contribution in [0.15, 0.2) is 30.3 Å². The number of hydrogen-bond acceptors (Lipinski definition) is 9. The van der Waals surface area contributed by atoms with Gasteiger partial charge in [0.1, 0.15) is 23.7 Å². The Hall–Kier alpha value is -4.53. The highest BCUT2D eigenvalue weighted by Gasteiger charge is 2.47. The highest BCUT2D eigenvalue weighted by atomic mass is 16.6. The smallest absolute Gasteiger partial charge is 0.408 e. The average Bonchev–Trinajstić information content (AvgIpc) is 3.45. The third kappa shape index (κ3) is 14.1. The van der Waals surface area contributed by atoms with Gasteiger partial charge in [-0.25, -0.2) is 4.79 Å². The third-order valence-electron chi connectivity index (χ3n) is 8.11. The van der Waals surface area contributed by atoms with Gasteiger partial charge in [-0.1, -0.05) is 64.4 Å². The van der Waals surface area contributed by atoms with Crippen LogP contribution in [0, 0.1) is 5.41 Å². The van der Waals surface area contributed by atoms with Gasteiger partial charge in [0.05, 0.1) is 24.3 Å². The average molecular weight is 745 g/mol. The van der Waals surface area contributed by atoms with Crippen LogP contribution in [0.2, 0.25) is 0 Å². The van der Waals surface area contributed by atoms with Crippen molar-refractivity contribution < 1.29 is 43.0 Å². The Morgan fingerprint density at radius 3 is 1.98 bits per heavy atom. The van der Waals surface area contributed by atoms with Gasteiger partial charge in [0.15, 0.2) is 0 Å². The summed E-state index contributed by atoms with van der Waals surface area (Å²) in [5.74, 6) is -4.38. The number of likely N-dealkylation sites (tertiary alicyclic amines) is 1. The Balaban J connectivity index is 2.25. The van der Waals surface area contributed by atoms with Crippen molar-refractivity contribution in [1.82, 2.24) is 31.1 Å². The molecule has 296 valence electrons. The molecular formula is C38H60N6O9. The molecule has 0 radical (unpaired) electrons. The summed E-state index contributed by atoms with van der Waals surface area (Å²) < 4.78 is 11.6. The van der Waals surface area contributed by atoms with Crippen LogP contribution in [0.25, 0.3) is 0 Å². The van der Waals surface area contributed by atoms with Crippen LogP contribution in [0.4, 0.5) is 4.79 Å². The van der Waals surface area contributed by atoms with E-state index in [-0.39, 0.29) is 25.3 Å². The Kier molecular flexibility index (Phi) is 15.6. The number of rotatable bonds is 14. The third-order valence-corrected chi connectivity index (χ3v) is 8.11. The molecule has 4 N–H and O–H groups in total. The molecule has 1 aromatic rings. The van der Waals surface area contributed by atoms with Gasteiger partial charge in [-0.15, -0.1) is 0 Å². The van der Waals surface area contributed by atoms with E-state index in [1.165, 1.54) is 9.80 Å². The van der Waals surface area contributed by atoms with Crippen LogP contribution in [-0.2, 0) is 38.2 Å². The molecule has 1 saturated heterocycles. The minimum atomic E-state index is -1.26. The van der Waals surface area contributed by atoms with Crippen LogP contribution in [-0.4, -0.2) is 114 Å². The zero-order valence-electron chi connectivity index (χ0n) is 33.4. The van der Waals surface area contributed by atoms with Crippen molar-refractivity contribution in [3.05, 3.63) is 35.9 Å². The molecule has 1 fully saturated rings. The summed E-state index contributed by atoms with van der Waals surface area (Å²) in [6.45, 7) is 17.2. The molecule has 0 spiro atoms. The number of nitrogens with one attached hydrogen (secondary N) is 4. The number of benzene rings is 1. The highest BCUT2D eigenvalue weighted by Crippen LogP contribution is 2.29. The maximum Gasteiger partial charge on any atom is 0.408 e. The first-order valence-corrected chi connectivity index (χ1v) is 18.0. The van der Waals surface area contributed by atoms with E-state index in [1.807, 2.05) is 20.8 Å². The molecule has 5 atom stereocenters. The molecule has 0 bridgehead atoms. The van der Waals surface area contributed by atoms with Crippen LogP contribution >= 0.6 is 0 Å². The summed E-state index contributed by atoms with van der Waals surface area (Å²) >= 11 is 0. The van der Waals surface area contributed by atoms with Crippen molar-refractivity contribution in [1.29, 1.82) is 0 Å². The molecular weight excluding hydrogens is 684 g/mol. The Labute approximate surface area is 313 Å². The molecule has 0 saturated carbocycles. The van der Waals surface area contributed by atoms with E-state index < -0.39 is 88.9 Å². The van der Waals surface area contributed by atoms with E-state index >= 15 is 0 Å². The van der Waals surface area contributed by atoms with E-state index in [9.17, 15) is 33.6 Å². The number of ether oxygens (including phenoxy) is 2. The molecule has 1 aromatic carbocycles. The van der Waals surface area contributed by atoms with Gasteiger partial charge in [-0.2, -0.15) is 0 Å². The lowest BCUT2D eigenvalue weighted by Crippen LogP contribution is -2.59. The van der Waals surface area contributed by atoms with Crippen molar-refractivity contribution in [2.24, 2.45) is 5.41 Å². The van der Waals surface area contributed by atoms with Crippen molar-refractivity contribution in [2.45, 2.75) is 130 Å². The van der Waals surface area contributed by atoms with Gasteiger partial charge in [-0.3, -0.25) is 28.8 Å². The molecule has 2 rings (SSSR count). The summed E-state index contributed by atoms with van der Waals surface area (Å²) in [4.78, 5) is 95.7. The zero-order valence-corrected chi connectivity index (χ0v) is 33.4. The number of alkyl carbamates (subject to hydrolysis) is 1. The number of hydrogen-bond donors (Lipinski definition) is 4. The molecule has 6 amide bonds. The van der Waals surface area contributed by atoms with E-state index in [0.29, 0.717) is 12.0 Å². The van der Waals surface area contributed by atoms with E-state index in [4.69, 9.17) is 9.47 Å². The van der Waals surface area contributed by atoms with Gasteiger partial charge >= 0.3 is 6.09 Å². The predicted molar refractivity (Wildman–Crippen MR) is 198 cm³/mol. The van der Waals surface area contributed by atoms with Gasteiger partial charge in [0.25, 0.3) is 5.91 Å². The van der Waals surface area contributed by atoms with E-state index in [1.54, 1.807) is 92.9 Å². The van der Waals surface area contributed by atoms with Gasteiger partial charge in [0, 0.05) is 27.1 Å². The SMILES string of the molecule is CCCC(NC(=O)C1CC(OC(C)(C)C)CN1C(=O)C(NC(=O)OC(C)(C)C)C(C)(C)C)C(=O)C(=O)NCC(=O)NC(C(=O)N(C)C)c1ccccc1. The normalized spacial score (nSPS) is 17.8. The second kappa shape index (κ2) is 18.5. The monoisotopic (exact) mass is 744 g/mol. The molecule has 0 aromatic heterocycles. The van der Waals surface area contributed by atoms with Crippen LogP contribution in [0.5, 0.6) is 0 Å². The molecule has 53 heavy (non-hydrogen) atoms. The molecule has 15 heteroatoms. The van der Waals surface area contributed by atoms with Crippen molar-refractivity contribution in [2.75, 3.05) is 27.2 Å². The lowest BCUT2D eigenvalue weighted by Gasteiger charge is -2.36. The molecule has 0 aliphatic carbocycles. The van der Waals surface area contributed by atoms with Crippen LogP contribution < -0.4 is 21.3 Å². The van der Waals surface area contributed by atoms with Gasteiger partial charge < -0.3 is 40.5 Å². The summed E-state index contributed by atoms with van der Waals surface area (Å²) in [7, 11) is 3.10. The number of Topliss-reactive ketones (excluding diaryl/α,β-unsaturated/α-hetero) is 1. The van der Waals surface area contributed by atoms with Crippen LogP contribution in [0.3, 0.4) is 0 Å². The van der Waals surface area contributed by atoms with Gasteiger partial charge in [-0.05, 0) is 58.9 Å². The van der Waals surface area contributed by atoms with Crippen molar-refractivity contribution in [3.63, 3.8) is 0 Å². The number of likely N-dealkylation sites (N-methyl/N-ethyl adjacent to an activating group) is 1. The summed E-state index contributed by atoms with van der Waals surface area (Å²) in [6, 6.07) is 4.13. The van der Waals surface area contributed by atoms with Crippen LogP contribution in [0.1, 0.15) is 100 Å². The lowest BCUT2D eigenvalue weighted by atomic mass is 9.85. The number of amides is 6. The summed E-state index contributed by atoms with van der Waals surface area (Å²) in [5.41, 5.74) is -1.67. The maximum absolute atomic E-state index is 14.2. The first kappa shape index (κ1) is 44.6. The standard InChI is InChI=1S/C38H60N6O9/c1-13-17-25(29(46)32(48)39-21-27(45)41-28(33(49)43(11)12)23-18-15-14-16-19-23)40-31(47)26-20-24(52-37(5,6)7)22-44(26)34(50)30(36(2,3)4)42-35(51)53-38(8,9)10/h14-16,18-19,24-26,28,30H,13,17,20-22H2,1-12H3,(H,39,48)(H,40,47)(H,41,45)(H,42,51). The molecule has 15 nitrogen and oxygen atoms in total. The molecule has 5 unspecified atom stereocenters. The molecule has 1 aliphatic heterocycles. The highest BCUT2D eigenvalue weighted by molar-refractivity contribution is 6.38. The molecule has 1 heterocycles. The van der Waals surface area contributed by atoms with Gasteiger partial charge in [0.2, 0.25) is 29.4 Å². The number of nitrogens with zero attached hydrogens (tertiary/aromatic N) is 2. The predicted octanol–water partition coefficient (Wildman–Crippen LogP) is 2.63. The lowest BCUT2D eigenvalue weighted by molar-refractivity contribution is -0.144. The second-order valence-corrected chi connectivity index (χ2v) is 16.6. The fourth-order valence-corrected chi connectivity index (χ4v) is 5.75. The molecule has 1 aliphatic rings. The van der Waals surface area contributed by atoms with E-state index in [0.717, 1.165) is 0 Å². The Morgan fingerprint density at radius 2 is 1.47 bits per heavy atom. The zero-order chi connectivity index (χ0) is 40.5. The largest absolute Gasteiger partial charge is 0.444 e. The fraction of sp³-hybridized carbons (Fsp3) is 0.658. The van der Waals surface area contributed by atoms with E-state index in [2.05, 4.69) is 21.3 Å². The quantitative estimate of drug-likeness (QED) is 0.207. The topological polar surface area (TPSA) is 193 Å². The Bertz CT molecular complexity index is 1480. The second-order valence-electron chi connectivity index (χ2n) is 16.6. The van der Waals surface area contributed by atoms with Crippen molar-refractivity contribution >= 4 is 41.4 Å². The summed E-state index contributed by atoms with van der Waals surface area (Å²) in [5, 5.41) is 10.2. The number of ketones is 1. The minimum absolute atomic E-state index is 0.0407. The number of carbonyl (C=O) groups excluding carboxylic acids is 7. The maximum atomic E-state index is 14.2.